The Labute approximate surface area is 117 Å². The molecule has 0 spiro atoms. The number of carboxylic acid groups (broad SMARTS) is 1. The van der Waals surface area contributed by atoms with E-state index >= 15 is 0 Å². The molecular weight excluding hydrogens is 314 g/mol. The number of thioether (sulfide) groups is 1. The maximum absolute atomic E-state index is 11.0. The molecule has 92 valence electrons. The van der Waals surface area contributed by atoms with E-state index in [-0.39, 0.29) is 0 Å². The molecule has 0 unspecified atom stereocenters. The van der Waals surface area contributed by atoms with E-state index in [1.54, 1.807) is 18.3 Å². The fourth-order valence-corrected chi connectivity index (χ4v) is 2.54. The van der Waals surface area contributed by atoms with Crippen molar-refractivity contribution in [2.45, 2.75) is 10.8 Å². The van der Waals surface area contributed by atoms with Gasteiger partial charge in [-0.15, -0.1) is 11.8 Å². The van der Waals surface area contributed by atoms with Crippen LogP contribution in [0.4, 0.5) is 0 Å². The summed E-state index contributed by atoms with van der Waals surface area (Å²) >= 11 is 4.84. The molecule has 5 heteroatoms. The molecule has 0 radical (unpaired) electrons. The Morgan fingerprint density at radius 1 is 1.28 bits per heavy atom. The summed E-state index contributed by atoms with van der Waals surface area (Å²) in [7, 11) is 0. The molecule has 1 N–H and O–H groups in total. The third-order valence-corrected chi connectivity index (χ3v) is 3.79. The monoisotopic (exact) mass is 323 g/mol. The normalized spacial score (nSPS) is 10.3. The van der Waals surface area contributed by atoms with E-state index in [1.165, 1.54) is 11.8 Å². The zero-order valence-electron chi connectivity index (χ0n) is 9.34. The van der Waals surface area contributed by atoms with E-state index < -0.39 is 5.97 Å². The molecule has 0 aliphatic rings. The molecule has 0 atom stereocenters. The number of aromatic carboxylic acids is 1. The number of aromatic nitrogens is 1. The Hall–Kier alpha value is -1.33. The molecule has 18 heavy (non-hydrogen) atoms. The molecule has 1 heterocycles. The molecule has 2 aromatic rings. The third kappa shape index (κ3) is 3.34. The Kier molecular flexibility index (Phi) is 4.38. The van der Waals surface area contributed by atoms with Crippen LogP contribution in [0.3, 0.4) is 0 Å². The summed E-state index contributed by atoms with van der Waals surface area (Å²) in [6.45, 7) is 0. The molecular formula is C13H10BrNO2S. The van der Waals surface area contributed by atoms with Crippen LogP contribution < -0.4 is 0 Å². The highest BCUT2D eigenvalue weighted by molar-refractivity contribution is 9.10. The molecule has 0 saturated heterocycles. The van der Waals surface area contributed by atoms with Gasteiger partial charge in [0.15, 0.2) is 0 Å². The van der Waals surface area contributed by atoms with Crippen molar-refractivity contribution in [1.82, 2.24) is 4.98 Å². The molecule has 3 nitrogen and oxygen atoms in total. The number of benzene rings is 1. The summed E-state index contributed by atoms with van der Waals surface area (Å²) in [6.07, 6.45) is 1.73. The Bertz CT molecular complexity index is 557. The molecule has 1 aromatic carbocycles. The second-order valence-electron chi connectivity index (χ2n) is 3.57. The number of pyridine rings is 1. The Morgan fingerprint density at radius 2 is 2.06 bits per heavy atom. The first-order chi connectivity index (χ1) is 8.66. The van der Waals surface area contributed by atoms with Gasteiger partial charge in [0.25, 0.3) is 0 Å². The molecule has 0 fully saturated rings. The molecule has 2 rings (SSSR count). The van der Waals surface area contributed by atoms with Crippen LogP contribution >= 0.6 is 27.7 Å². The van der Waals surface area contributed by atoms with E-state index in [4.69, 9.17) is 5.11 Å². The molecule has 0 bridgehead atoms. The lowest BCUT2D eigenvalue weighted by Gasteiger charge is -2.05. The quantitative estimate of drug-likeness (QED) is 0.868. The summed E-state index contributed by atoms with van der Waals surface area (Å²) in [5.74, 6) is -0.299. The fraction of sp³-hybridized carbons (Fsp3) is 0.0769. The molecule has 0 saturated carbocycles. The number of hydrogen-bond donors (Lipinski definition) is 1. The average Bonchev–Trinajstić information content (AvgIpc) is 2.38. The second-order valence-corrected chi connectivity index (χ2v) is 5.48. The predicted octanol–water partition coefficient (Wildman–Crippen LogP) is 3.83. The lowest BCUT2D eigenvalue weighted by molar-refractivity contribution is 0.0696. The zero-order valence-corrected chi connectivity index (χ0v) is 11.7. The van der Waals surface area contributed by atoms with Gasteiger partial charge in [0.05, 0.1) is 10.6 Å². The summed E-state index contributed by atoms with van der Waals surface area (Å²) in [5.41, 5.74) is 1.15. The third-order valence-electron chi connectivity index (χ3n) is 2.32. The first kappa shape index (κ1) is 13.1. The van der Waals surface area contributed by atoms with E-state index in [1.807, 2.05) is 24.3 Å². The SMILES string of the molecule is O=C(O)c1ccccc1CSc1ccc(Br)cn1. The summed E-state index contributed by atoms with van der Waals surface area (Å²) in [6, 6.07) is 10.8. The smallest absolute Gasteiger partial charge is 0.335 e. The van der Waals surface area contributed by atoms with E-state index in [2.05, 4.69) is 20.9 Å². The summed E-state index contributed by atoms with van der Waals surface area (Å²) in [4.78, 5) is 15.3. The fourth-order valence-electron chi connectivity index (χ4n) is 1.45. The van der Waals surface area contributed by atoms with E-state index in [0.717, 1.165) is 15.1 Å². The van der Waals surface area contributed by atoms with Crippen molar-refractivity contribution in [3.8, 4) is 0 Å². The van der Waals surface area contributed by atoms with Crippen LogP contribution in [-0.4, -0.2) is 16.1 Å². The number of halogens is 1. The van der Waals surface area contributed by atoms with E-state index in [0.29, 0.717) is 11.3 Å². The number of carboxylic acids is 1. The van der Waals surface area contributed by atoms with Crippen LogP contribution in [0.5, 0.6) is 0 Å². The van der Waals surface area contributed by atoms with Crippen molar-refractivity contribution in [2.75, 3.05) is 0 Å². The van der Waals surface area contributed by atoms with Gasteiger partial charge in [0, 0.05) is 16.4 Å². The van der Waals surface area contributed by atoms with Crippen molar-refractivity contribution in [2.24, 2.45) is 0 Å². The summed E-state index contributed by atoms with van der Waals surface area (Å²) in [5, 5.41) is 9.94. The van der Waals surface area contributed by atoms with Crippen molar-refractivity contribution < 1.29 is 9.90 Å². The zero-order chi connectivity index (χ0) is 13.0. The average molecular weight is 324 g/mol. The molecule has 1 aromatic heterocycles. The highest BCUT2D eigenvalue weighted by Gasteiger charge is 2.09. The van der Waals surface area contributed by atoms with Gasteiger partial charge in [0.1, 0.15) is 0 Å². The maximum atomic E-state index is 11.0. The van der Waals surface area contributed by atoms with Gasteiger partial charge < -0.3 is 5.11 Å². The van der Waals surface area contributed by atoms with Crippen molar-refractivity contribution in [3.05, 3.63) is 58.2 Å². The Balaban J connectivity index is 2.10. The lowest BCUT2D eigenvalue weighted by atomic mass is 10.1. The molecule has 0 aliphatic heterocycles. The van der Waals surface area contributed by atoms with Crippen LogP contribution in [0.1, 0.15) is 15.9 Å². The topological polar surface area (TPSA) is 50.2 Å². The largest absolute Gasteiger partial charge is 0.478 e. The lowest BCUT2D eigenvalue weighted by Crippen LogP contribution is -2.00. The first-order valence-corrected chi connectivity index (χ1v) is 7.00. The molecule has 0 amide bonds. The highest BCUT2D eigenvalue weighted by atomic mass is 79.9. The second kappa shape index (κ2) is 6.02. The van der Waals surface area contributed by atoms with E-state index in [9.17, 15) is 4.79 Å². The van der Waals surface area contributed by atoms with Crippen LogP contribution in [0.25, 0.3) is 0 Å². The number of rotatable bonds is 4. The van der Waals surface area contributed by atoms with Gasteiger partial charge in [-0.05, 0) is 39.7 Å². The molecule has 0 aliphatic carbocycles. The van der Waals surface area contributed by atoms with Gasteiger partial charge in [-0.1, -0.05) is 18.2 Å². The minimum atomic E-state index is -0.894. The van der Waals surface area contributed by atoms with Gasteiger partial charge >= 0.3 is 5.97 Å². The van der Waals surface area contributed by atoms with Crippen LogP contribution in [0, 0.1) is 0 Å². The summed E-state index contributed by atoms with van der Waals surface area (Å²) < 4.78 is 0.929. The van der Waals surface area contributed by atoms with Crippen LogP contribution in [-0.2, 0) is 5.75 Å². The standard InChI is InChI=1S/C13H10BrNO2S/c14-10-5-6-12(15-7-10)18-8-9-3-1-2-4-11(9)13(16)17/h1-7H,8H2,(H,16,17). The maximum Gasteiger partial charge on any atom is 0.335 e. The first-order valence-electron chi connectivity index (χ1n) is 5.22. The highest BCUT2D eigenvalue weighted by Crippen LogP contribution is 2.23. The van der Waals surface area contributed by atoms with Crippen molar-refractivity contribution >= 4 is 33.7 Å². The number of carbonyl (C=O) groups is 1. The Morgan fingerprint density at radius 3 is 2.72 bits per heavy atom. The minimum absolute atomic E-state index is 0.349. The number of hydrogen-bond acceptors (Lipinski definition) is 3. The number of nitrogens with zero attached hydrogens (tertiary/aromatic N) is 1. The van der Waals surface area contributed by atoms with Gasteiger partial charge in [-0.3, -0.25) is 0 Å². The van der Waals surface area contributed by atoms with Crippen molar-refractivity contribution in [1.29, 1.82) is 0 Å². The van der Waals surface area contributed by atoms with Crippen LogP contribution in [0.2, 0.25) is 0 Å². The van der Waals surface area contributed by atoms with Crippen LogP contribution in [0.15, 0.2) is 52.1 Å². The predicted molar refractivity (Wildman–Crippen MR) is 74.9 cm³/mol. The van der Waals surface area contributed by atoms with Gasteiger partial charge in [-0.25, -0.2) is 9.78 Å². The van der Waals surface area contributed by atoms with Gasteiger partial charge in [-0.2, -0.15) is 0 Å². The van der Waals surface area contributed by atoms with Crippen molar-refractivity contribution in [3.63, 3.8) is 0 Å². The van der Waals surface area contributed by atoms with Gasteiger partial charge in [0.2, 0.25) is 0 Å². The minimum Gasteiger partial charge on any atom is -0.478 e.